The van der Waals surface area contributed by atoms with E-state index in [1.54, 1.807) is 0 Å². The largest absolute Gasteiger partial charge is 0.333 e. The fraction of sp³-hybridized carbons (Fsp3) is 0.125. The Morgan fingerprint density at radius 3 is 2.64 bits per heavy atom. The summed E-state index contributed by atoms with van der Waals surface area (Å²) in [7, 11) is 0. The van der Waals surface area contributed by atoms with Crippen molar-refractivity contribution in [3.63, 3.8) is 0 Å². The fourth-order valence-electron chi connectivity index (χ4n) is 0.704. The molecular formula is C8H8O2S. The quantitative estimate of drug-likeness (QED) is 0.297. The van der Waals surface area contributed by atoms with Crippen molar-refractivity contribution in [3.05, 3.63) is 35.9 Å². The molecule has 0 spiro atoms. The highest BCUT2D eigenvalue weighted by Crippen LogP contribution is 1.99. The summed E-state index contributed by atoms with van der Waals surface area (Å²) >= 11 is 4.40. The molecule has 0 saturated heterocycles. The smallest absolute Gasteiger partial charge is 0.192 e. The zero-order valence-corrected chi connectivity index (χ0v) is 6.71. The van der Waals surface area contributed by atoms with E-state index in [1.165, 1.54) is 0 Å². The third kappa shape index (κ3) is 3.11. The molecule has 0 fully saturated rings. The van der Waals surface area contributed by atoms with Crippen LogP contribution in [0.4, 0.5) is 0 Å². The summed E-state index contributed by atoms with van der Waals surface area (Å²) in [5.74, 6) is 0. The Hall–Kier alpha value is -0.930. The summed E-state index contributed by atoms with van der Waals surface area (Å²) in [5.41, 5.74) is 2.15. The first-order valence-electron chi connectivity index (χ1n) is 3.19. The van der Waals surface area contributed by atoms with Crippen molar-refractivity contribution < 1.29 is 9.78 Å². The zero-order chi connectivity index (χ0) is 7.94. The van der Waals surface area contributed by atoms with E-state index in [0.29, 0.717) is 6.61 Å². The maximum atomic E-state index is 4.71. The van der Waals surface area contributed by atoms with Crippen LogP contribution in [0.3, 0.4) is 0 Å². The summed E-state index contributed by atoms with van der Waals surface area (Å²) in [6, 6.07) is 9.73. The van der Waals surface area contributed by atoms with E-state index >= 15 is 0 Å². The molecule has 0 saturated carbocycles. The predicted octanol–water partition coefficient (Wildman–Crippen LogP) is 2.09. The van der Waals surface area contributed by atoms with Gasteiger partial charge in [-0.05, 0) is 17.8 Å². The number of rotatable bonds is 4. The van der Waals surface area contributed by atoms with E-state index < -0.39 is 0 Å². The summed E-state index contributed by atoms with van der Waals surface area (Å²) in [6.07, 6.45) is 0. The second-order valence-corrected chi connectivity index (χ2v) is 2.13. The average Bonchev–Trinajstić information content (AvgIpc) is 2.07. The van der Waals surface area contributed by atoms with E-state index in [0.717, 1.165) is 11.1 Å². The van der Waals surface area contributed by atoms with Crippen LogP contribution in [0.1, 0.15) is 5.56 Å². The number of hydrogen-bond donors (Lipinski definition) is 0. The molecule has 0 aliphatic rings. The molecular weight excluding hydrogens is 160 g/mol. The minimum atomic E-state index is 0.425. The maximum absolute atomic E-state index is 4.71. The van der Waals surface area contributed by atoms with E-state index in [2.05, 4.69) is 17.1 Å². The van der Waals surface area contributed by atoms with Crippen molar-refractivity contribution >= 4 is 17.8 Å². The first-order chi connectivity index (χ1) is 5.43. The topological polar surface area (TPSA) is 18.5 Å². The Balaban J connectivity index is 2.33. The number of hydrogen-bond acceptors (Lipinski definition) is 3. The Bertz CT molecular complexity index is 211. The molecule has 0 amide bonds. The minimum Gasteiger partial charge on any atom is -0.333 e. The molecule has 1 rings (SSSR count). The molecule has 0 atom stereocenters. The van der Waals surface area contributed by atoms with E-state index in [1.807, 2.05) is 30.3 Å². The van der Waals surface area contributed by atoms with E-state index in [9.17, 15) is 0 Å². The highest BCUT2D eigenvalue weighted by Gasteiger charge is 1.89. The van der Waals surface area contributed by atoms with Gasteiger partial charge >= 0.3 is 0 Å². The lowest BCUT2D eigenvalue weighted by atomic mass is 10.2. The summed E-state index contributed by atoms with van der Waals surface area (Å²) in [4.78, 5) is 9.14. The molecule has 2 nitrogen and oxygen atoms in total. The monoisotopic (exact) mass is 168 g/mol. The molecule has 11 heavy (non-hydrogen) atoms. The highest BCUT2D eigenvalue weighted by atomic mass is 32.1. The molecule has 0 unspecified atom stereocenters. The molecule has 0 radical (unpaired) electrons. The summed E-state index contributed by atoms with van der Waals surface area (Å²) < 4.78 is 0. The fourth-order valence-corrected chi connectivity index (χ4v) is 0.760. The van der Waals surface area contributed by atoms with Crippen molar-refractivity contribution in [3.8, 4) is 0 Å². The van der Waals surface area contributed by atoms with Crippen molar-refractivity contribution in [2.75, 3.05) is 0 Å². The Morgan fingerprint density at radius 2 is 2.00 bits per heavy atom. The van der Waals surface area contributed by atoms with Gasteiger partial charge < -0.3 is 4.89 Å². The van der Waals surface area contributed by atoms with Crippen molar-refractivity contribution in [2.24, 2.45) is 0 Å². The van der Waals surface area contributed by atoms with Crippen LogP contribution in [0, 0.1) is 0 Å². The first-order valence-corrected chi connectivity index (χ1v) is 3.66. The van der Waals surface area contributed by atoms with Gasteiger partial charge in [0.05, 0.1) is 0 Å². The molecule has 0 bridgehead atoms. The lowest BCUT2D eigenvalue weighted by Crippen LogP contribution is -1.91. The van der Waals surface area contributed by atoms with Gasteiger partial charge in [0, 0.05) is 0 Å². The van der Waals surface area contributed by atoms with E-state index in [4.69, 9.17) is 4.89 Å². The Labute approximate surface area is 70.7 Å². The van der Waals surface area contributed by atoms with Gasteiger partial charge in [-0.15, -0.1) is 0 Å². The van der Waals surface area contributed by atoms with Gasteiger partial charge in [-0.1, -0.05) is 30.3 Å². The molecule has 0 aliphatic heterocycles. The molecule has 1 aromatic carbocycles. The van der Waals surface area contributed by atoms with Gasteiger partial charge in [-0.3, -0.25) is 0 Å². The minimum absolute atomic E-state index is 0.425. The van der Waals surface area contributed by atoms with Crippen LogP contribution in [0.25, 0.3) is 0 Å². The first kappa shape index (κ1) is 8.17. The number of benzene rings is 1. The summed E-state index contributed by atoms with van der Waals surface area (Å²) in [6.45, 7) is 0.425. The Kier molecular flexibility index (Phi) is 3.58. The predicted molar refractivity (Wildman–Crippen MR) is 46.0 cm³/mol. The van der Waals surface area contributed by atoms with Crippen LogP contribution < -0.4 is 0 Å². The van der Waals surface area contributed by atoms with Crippen LogP contribution in [-0.4, -0.2) is 5.55 Å². The second-order valence-electron chi connectivity index (χ2n) is 1.94. The van der Waals surface area contributed by atoms with Gasteiger partial charge in [-0.25, -0.2) is 0 Å². The zero-order valence-electron chi connectivity index (χ0n) is 5.90. The van der Waals surface area contributed by atoms with Gasteiger partial charge in [0.1, 0.15) is 6.61 Å². The Morgan fingerprint density at radius 1 is 1.27 bits per heavy atom. The van der Waals surface area contributed by atoms with Gasteiger partial charge in [0.2, 0.25) is 0 Å². The molecule has 3 heteroatoms. The second kappa shape index (κ2) is 4.82. The van der Waals surface area contributed by atoms with Crippen LogP contribution >= 0.6 is 12.2 Å². The van der Waals surface area contributed by atoms with Crippen molar-refractivity contribution in [2.45, 2.75) is 6.61 Å². The lowest BCUT2D eigenvalue weighted by molar-refractivity contribution is -0.224. The average molecular weight is 168 g/mol. The van der Waals surface area contributed by atoms with Gasteiger partial charge in [-0.2, -0.15) is 4.89 Å². The third-order valence-corrected chi connectivity index (χ3v) is 1.25. The normalized spacial score (nSPS) is 9.09. The molecule has 0 N–H and O–H groups in total. The van der Waals surface area contributed by atoms with Crippen LogP contribution in [0.5, 0.6) is 0 Å². The van der Waals surface area contributed by atoms with Crippen molar-refractivity contribution in [1.29, 1.82) is 0 Å². The van der Waals surface area contributed by atoms with Crippen LogP contribution in [0.2, 0.25) is 0 Å². The van der Waals surface area contributed by atoms with E-state index in [-0.39, 0.29) is 0 Å². The SMILES string of the molecule is S=COOCc1ccccc1. The maximum Gasteiger partial charge on any atom is 0.192 e. The van der Waals surface area contributed by atoms with Gasteiger partial charge in [0.25, 0.3) is 0 Å². The standard InChI is InChI=1S/C8H8O2S/c11-7-10-9-6-8-4-2-1-3-5-8/h1-5,7H,6H2. The van der Waals surface area contributed by atoms with Gasteiger partial charge in [0.15, 0.2) is 5.55 Å². The lowest BCUT2D eigenvalue weighted by Gasteiger charge is -1.98. The third-order valence-electron chi connectivity index (χ3n) is 1.18. The molecule has 0 aromatic heterocycles. The van der Waals surface area contributed by atoms with Crippen LogP contribution in [0.15, 0.2) is 30.3 Å². The van der Waals surface area contributed by atoms with Crippen molar-refractivity contribution in [1.82, 2.24) is 0 Å². The molecule has 0 aliphatic carbocycles. The molecule has 0 heterocycles. The molecule has 58 valence electrons. The summed E-state index contributed by atoms with van der Waals surface area (Å²) in [5, 5.41) is 0. The highest BCUT2D eigenvalue weighted by molar-refractivity contribution is 7.78. The van der Waals surface area contributed by atoms with Crippen LogP contribution in [-0.2, 0) is 16.4 Å². The number of thiocarbonyl (C=S) groups is 1. The molecule has 1 aromatic rings.